The fourth-order valence-electron chi connectivity index (χ4n) is 2.01. The zero-order valence-electron chi connectivity index (χ0n) is 13.0. The Labute approximate surface area is 135 Å². The zero-order valence-corrected chi connectivity index (χ0v) is 13.0. The molecule has 0 saturated heterocycles. The summed E-state index contributed by atoms with van der Waals surface area (Å²) in [6.45, 7) is 0.458. The van der Waals surface area contributed by atoms with Crippen molar-refractivity contribution in [2.24, 2.45) is 0 Å². The topological polar surface area (TPSA) is 64.6 Å². The summed E-state index contributed by atoms with van der Waals surface area (Å²) in [5.74, 6) is -0.796. The lowest BCUT2D eigenvalue weighted by Crippen LogP contribution is -2.30. The van der Waals surface area contributed by atoms with Gasteiger partial charge < -0.3 is 14.8 Å². The Kier molecular flexibility index (Phi) is 6.32. The number of ether oxygens (including phenoxy) is 2. The molecule has 2 aromatic carbocycles. The minimum atomic E-state index is -0.477. The van der Waals surface area contributed by atoms with Crippen molar-refractivity contribution in [1.82, 2.24) is 5.32 Å². The second-order valence-corrected chi connectivity index (χ2v) is 4.96. The Morgan fingerprint density at radius 2 is 1.70 bits per heavy atom. The molecule has 0 unspecified atom stereocenters. The van der Waals surface area contributed by atoms with Crippen LogP contribution in [0, 0.1) is 0 Å². The molecule has 0 atom stereocenters. The van der Waals surface area contributed by atoms with E-state index in [-0.39, 0.29) is 19.1 Å². The van der Waals surface area contributed by atoms with E-state index in [1.165, 1.54) is 0 Å². The van der Waals surface area contributed by atoms with Gasteiger partial charge in [0.05, 0.1) is 6.61 Å². The van der Waals surface area contributed by atoms with Crippen molar-refractivity contribution < 1.29 is 19.1 Å². The van der Waals surface area contributed by atoms with Gasteiger partial charge in [0.15, 0.2) is 0 Å². The molecule has 0 aliphatic rings. The SMILES string of the molecule is COCc1cccc(C(=O)NCC(=O)OCc2ccccc2)c1. The number of hydrogen-bond acceptors (Lipinski definition) is 4. The molecular formula is C18H19NO4. The molecule has 0 radical (unpaired) electrons. The lowest BCUT2D eigenvalue weighted by atomic mass is 10.1. The number of rotatable bonds is 7. The highest BCUT2D eigenvalue weighted by Crippen LogP contribution is 2.06. The van der Waals surface area contributed by atoms with E-state index in [0.29, 0.717) is 12.2 Å². The van der Waals surface area contributed by atoms with Crippen LogP contribution < -0.4 is 5.32 Å². The van der Waals surface area contributed by atoms with Crippen LogP contribution in [0.5, 0.6) is 0 Å². The van der Waals surface area contributed by atoms with Crippen LogP contribution in [-0.2, 0) is 27.5 Å². The van der Waals surface area contributed by atoms with Crippen LogP contribution in [0.15, 0.2) is 54.6 Å². The van der Waals surface area contributed by atoms with Crippen LogP contribution in [-0.4, -0.2) is 25.5 Å². The maximum Gasteiger partial charge on any atom is 0.325 e. The van der Waals surface area contributed by atoms with E-state index in [9.17, 15) is 9.59 Å². The second-order valence-electron chi connectivity index (χ2n) is 4.96. The average molecular weight is 313 g/mol. The molecule has 0 spiro atoms. The number of methoxy groups -OCH3 is 1. The number of nitrogens with one attached hydrogen (secondary N) is 1. The summed E-state index contributed by atoms with van der Waals surface area (Å²) < 4.78 is 10.1. The third kappa shape index (κ3) is 5.56. The van der Waals surface area contributed by atoms with Gasteiger partial charge in [-0.15, -0.1) is 0 Å². The summed E-state index contributed by atoms with van der Waals surface area (Å²) in [6, 6.07) is 16.4. The van der Waals surface area contributed by atoms with Crippen LogP contribution in [0.1, 0.15) is 21.5 Å². The highest BCUT2D eigenvalue weighted by atomic mass is 16.5. The van der Waals surface area contributed by atoms with Crippen molar-refractivity contribution >= 4 is 11.9 Å². The number of benzene rings is 2. The molecule has 0 fully saturated rings. The Hall–Kier alpha value is -2.66. The van der Waals surface area contributed by atoms with Crippen molar-refractivity contribution in [3.8, 4) is 0 Å². The molecule has 0 aliphatic heterocycles. The maximum absolute atomic E-state index is 12.0. The minimum absolute atomic E-state index is 0.166. The summed E-state index contributed by atoms with van der Waals surface area (Å²) in [5, 5.41) is 2.55. The highest BCUT2D eigenvalue weighted by Gasteiger charge is 2.09. The summed E-state index contributed by atoms with van der Waals surface area (Å²) in [6.07, 6.45) is 0. The molecule has 1 N–H and O–H groups in total. The standard InChI is InChI=1S/C18H19NO4/c1-22-12-15-8-5-9-16(10-15)18(21)19-11-17(20)23-13-14-6-3-2-4-7-14/h2-10H,11-13H2,1H3,(H,19,21). The Morgan fingerprint density at radius 1 is 0.957 bits per heavy atom. The van der Waals surface area contributed by atoms with E-state index in [2.05, 4.69) is 5.32 Å². The van der Waals surface area contributed by atoms with Gasteiger partial charge in [-0.2, -0.15) is 0 Å². The summed E-state index contributed by atoms with van der Waals surface area (Å²) >= 11 is 0. The number of carbonyl (C=O) groups excluding carboxylic acids is 2. The van der Waals surface area contributed by atoms with Crippen molar-refractivity contribution in [2.75, 3.05) is 13.7 Å². The third-order valence-corrected chi connectivity index (χ3v) is 3.14. The largest absolute Gasteiger partial charge is 0.460 e. The van der Waals surface area contributed by atoms with E-state index in [4.69, 9.17) is 9.47 Å². The fraction of sp³-hybridized carbons (Fsp3) is 0.222. The van der Waals surface area contributed by atoms with E-state index in [1.807, 2.05) is 36.4 Å². The maximum atomic E-state index is 12.0. The molecule has 0 bridgehead atoms. The van der Waals surface area contributed by atoms with Gasteiger partial charge in [0.2, 0.25) is 0 Å². The molecule has 120 valence electrons. The molecule has 5 heteroatoms. The third-order valence-electron chi connectivity index (χ3n) is 3.14. The monoisotopic (exact) mass is 313 g/mol. The van der Waals surface area contributed by atoms with Crippen molar-refractivity contribution in [3.05, 3.63) is 71.3 Å². The summed E-state index contributed by atoms with van der Waals surface area (Å²) in [5.41, 5.74) is 2.28. The van der Waals surface area contributed by atoms with Crippen molar-refractivity contribution in [2.45, 2.75) is 13.2 Å². The van der Waals surface area contributed by atoms with Gasteiger partial charge in [0, 0.05) is 12.7 Å². The molecule has 0 heterocycles. The quantitative estimate of drug-likeness (QED) is 0.797. The smallest absolute Gasteiger partial charge is 0.325 e. The van der Waals surface area contributed by atoms with E-state index in [0.717, 1.165) is 11.1 Å². The predicted octanol–water partition coefficient (Wildman–Crippen LogP) is 2.31. The van der Waals surface area contributed by atoms with Crippen molar-refractivity contribution in [3.63, 3.8) is 0 Å². The molecule has 2 aromatic rings. The molecule has 1 amide bonds. The first-order valence-corrected chi connectivity index (χ1v) is 7.24. The first-order valence-electron chi connectivity index (χ1n) is 7.24. The van der Waals surface area contributed by atoms with Gasteiger partial charge >= 0.3 is 5.97 Å². The molecule has 0 aliphatic carbocycles. The molecule has 5 nitrogen and oxygen atoms in total. The number of amides is 1. The van der Waals surface area contributed by atoms with Gasteiger partial charge in [-0.1, -0.05) is 42.5 Å². The van der Waals surface area contributed by atoms with Gasteiger partial charge in [-0.05, 0) is 23.3 Å². The van der Waals surface area contributed by atoms with Gasteiger partial charge in [-0.3, -0.25) is 9.59 Å². The lowest BCUT2D eigenvalue weighted by molar-refractivity contribution is -0.143. The average Bonchev–Trinajstić information content (AvgIpc) is 2.59. The molecule has 23 heavy (non-hydrogen) atoms. The van der Waals surface area contributed by atoms with Crippen LogP contribution in [0.2, 0.25) is 0 Å². The zero-order chi connectivity index (χ0) is 16.5. The van der Waals surface area contributed by atoms with Gasteiger partial charge in [0.1, 0.15) is 13.2 Å². The Morgan fingerprint density at radius 3 is 2.43 bits per heavy atom. The lowest BCUT2D eigenvalue weighted by Gasteiger charge is -2.07. The van der Waals surface area contributed by atoms with Gasteiger partial charge in [-0.25, -0.2) is 0 Å². The van der Waals surface area contributed by atoms with E-state index < -0.39 is 5.97 Å². The predicted molar refractivity (Wildman–Crippen MR) is 85.7 cm³/mol. The van der Waals surface area contributed by atoms with E-state index >= 15 is 0 Å². The highest BCUT2D eigenvalue weighted by molar-refractivity contribution is 5.96. The van der Waals surface area contributed by atoms with Crippen molar-refractivity contribution in [1.29, 1.82) is 0 Å². The van der Waals surface area contributed by atoms with E-state index in [1.54, 1.807) is 25.3 Å². The summed E-state index contributed by atoms with van der Waals surface area (Å²) in [7, 11) is 1.59. The van der Waals surface area contributed by atoms with Crippen LogP contribution in [0.25, 0.3) is 0 Å². The number of hydrogen-bond donors (Lipinski definition) is 1. The van der Waals surface area contributed by atoms with Gasteiger partial charge in [0.25, 0.3) is 5.91 Å². The Bertz CT molecular complexity index is 655. The molecular weight excluding hydrogens is 294 g/mol. The number of carbonyl (C=O) groups is 2. The minimum Gasteiger partial charge on any atom is -0.460 e. The second kappa shape index (κ2) is 8.70. The fourth-order valence-corrected chi connectivity index (χ4v) is 2.01. The number of esters is 1. The Balaban J connectivity index is 1.79. The normalized spacial score (nSPS) is 10.1. The molecule has 2 rings (SSSR count). The first-order chi connectivity index (χ1) is 11.2. The molecule has 0 saturated carbocycles. The van der Waals surface area contributed by atoms with Crippen LogP contribution in [0.4, 0.5) is 0 Å². The summed E-state index contributed by atoms with van der Waals surface area (Å²) in [4.78, 5) is 23.7. The molecule has 0 aromatic heterocycles. The first kappa shape index (κ1) is 16.7. The van der Waals surface area contributed by atoms with Crippen LogP contribution in [0.3, 0.4) is 0 Å². The van der Waals surface area contributed by atoms with Crippen LogP contribution >= 0.6 is 0 Å².